The molecule has 0 heterocycles. The quantitative estimate of drug-likeness (QED) is 0.0381. The third-order valence-corrected chi connectivity index (χ3v) is 6.17. The van der Waals surface area contributed by atoms with Crippen LogP contribution in [0.15, 0.2) is 48.5 Å². The lowest BCUT2D eigenvalue weighted by Gasteiger charge is -2.23. The third-order valence-electron chi connectivity index (χ3n) is 5.50. The fourth-order valence-electron chi connectivity index (χ4n) is 3.34. The van der Waals surface area contributed by atoms with Crippen molar-refractivity contribution in [3.63, 3.8) is 0 Å². The molecule has 2 aromatic rings. The number of hydrogen-bond acceptors (Lipinski definition) is 9. The van der Waals surface area contributed by atoms with E-state index in [9.17, 15) is 29.3 Å². The molecule has 216 valence electrons. The van der Waals surface area contributed by atoms with E-state index in [1.807, 2.05) is 36.7 Å². The molecule has 0 aromatic heterocycles. The Bertz CT molecular complexity index is 1180. The molecule has 14 nitrogen and oxygen atoms in total. The summed E-state index contributed by atoms with van der Waals surface area (Å²) < 4.78 is 13.0. The Morgan fingerprint density at radius 2 is 1.68 bits per heavy atom. The minimum atomic E-state index is -0.990. The van der Waals surface area contributed by atoms with Gasteiger partial charge >= 0.3 is 12.2 Å². The number of nitrogens with zero attached hydrogens (tertiary/aromatic N) is 1. The first kappa shape index (κ1) is 32.2. The maximum atomic E-state index is 13.0. The molecule has 0 unspecified atom stereocenters. The predicted molar refractivity (Wildman–Crippen MR) is 154 cm³/mol. The first-order valence-electron chi connectivity index (χ1n) is 12.2. The summed E-state index contributed by atoms with van der Waals surface area (Å²) in [5, 5.41) is 18.7. The van der Waals surface area contributed by atoms with Crippen LogP contribution in [0, 0.1) is 16.0 Å². The SMILES string of the molecule is CC(C)[C@H](NI)C(=O)N[C@@H](CCCNC(N)=O)C(=O)Nc1ccc(COC(=O)Oc2ccc([N+](=O)[O-])cc2)cc1. The largest absolute Gasteiger partial charge is 0.514 e. The van der Waals surface area contributed by atoms with E-state index in [0.29, 0.717) is 17.7 Å². The molecule has 0 aliphatic rings. The Kier molecular flexibility index (Phi) is 13.0. The van der Waals surface area contributed by atoms with Crippen molar-refractivity contribution in [1.82, 2.24) is 14.2 Å². The van der Waals surface area contributed by atoms with Gasteiger partial charge in [-0.3, -0.25) is 19.7 Å². The van der Waals surface area contributed by atoms with Gasteiger partial charge < -0.3 is 31.2 Å². The topological polar surface area (TPSA) is 204 Å². The van der Waals surface area contributed by atoms with Gasteiger partial charge in [-0.2, -0.15) is 0 Å². The molecule has 2 rings (SSSR count). The number of nitrogens with one attached hydrogen (secondary N) is 4. The zero-order chi connectivity index (χ0) is 29.7. The zero-order valence-corrected chi connectivity index (χ0v) is 24.0. The molecular formula is C25H31IN6O8. The summed E-state index contributed by atoms with van der Waals surface area (Å²) in [5.41, 5.74) is 5.99. The monoisotopic (exact) mass is 670 g/mol. The second kappa shape index (κ2) is 16.2. The van der Waals surface area contributed by atoms with Crippen LogP contribution in [0.3, 0.4) is 0 Å². The second-order valence-electron chi connectivity index (χ2n) is 8.90. The molecule has 4 amide bonds. The minimum Gasteiger partial charge on any atom is -0.429 e. The normalized spacial score (nSPS) is 12.1. The Balaban J connectivity index is 1.94. The summed E-state index contributed by atoms with van der Waals surface area (Å²) in [5.74, 6) is -0.701. The average Bonchev–Trinajstić information content (AvgIpc) is 2.90. The van der Waals surface area contributed by atoms with Crippen LogP contribution in [0.5, 0.6) is 5.75 Å². The fraction of sp³-hybridized carbons (Fsp3) is 0.360. The van der Waals surface area contributed by atoms with Crippen molar-refractivity contribution in [2.24, 2.45) is 11.7 Å². The van der Waals surface area contributed by atoms with Gasteiger partial charge in [-0.15, -0.1) is 0 Å². The van der Waals surface area contributed by atoms with E-state index in [0.717, 1.165) is 0 Å². The van der Waals surface area contributed by atoms with Crippen molar-refractivity contribution >= 4 is 58.2 Å². The van der Waals surface area contributed by atoms with Crippen LogP contribution in [0.4, 0.5) is 21.0 Å². The first-order valence-corrected chi connectivity index (χ1v) is 13.3. The summed E-state index contributed by atoms with van der Waals surface area (Å²) in [6, 6.07) is 9.38. The molecule has 2 atom stereocenters. The van der Waals surface area contributed by atoms with Crippen molar-refractivity contribution in [2.75, 3.05) is 11.9 Å². The second-order valence-corrected chi connectivity index (χ2v) is 9.53. The van der Waals surface area contributed by atoms with Crippen molar-refractivity contribution in [3.05, 3.63) is 64.2 Å². The van der Waals surface area contributed by atoms with Crippen LogP contribution in [0.1, 0.15) is 32.3 Å². The van der Waals surface area contributed by atoms with Gasteiger partial charge in [-0.05, 0) is 48.6 Å². The molecule has 0 aliphatic heterocycles. The molecule has 0 aliphatic carbocycles. The highest BCUT2D eigenvalue weighted by atomic mass is 127. The van der Waals surface area contributed by atoms with Gasteiger partial charge in [0.05, 0.1) is 11.0 Å². The number of nitro benzene ring substituents is 1. The van der Waals surface area contributed by atoms with Crippen LogP contribution in [-0.4, -0.2) is 47.6 Å². The Hall–Kier alpha value is -3.99. The van der Waals surface area contributed by atoms with E-state index < -0.39 is 35.1 Å². The highest BCUT2D eigenvalue weighted by molar-refractivity contribution is 14.1. The van der Waals surface area contributed by atoms with Crippen LogP contribution >= 0.6 is 22.9 Å². The van der Waals surface area contributed by atoms with E-state index in [1.54, 1.807) is 24.3 Å². The van der Waals surface area contributed by atoms with Gasteiger partial charge in [0.15, 0.2) is 0 Å². The molecular weight excluding hydrogens is 639 g/mol. The summed E-state index contributed by atoms with van der Waals surface area (Å²) >= 11 is 1.89. The molecule has 0 spiro atoms. The van der Waals surface area contributed by atoms with E-state index in [4.69, 9.17) is 15.2 Å². The number of ether oxygens (including phenoxy) is 2. The van der Waals surface area contributed by atoms with Gasteiger partial charge in [0, 0.05) is 47.2 Å². The lowest BCUT2D eigenvalue weighted by molar-refractivity contribution is -0.384. The molecule has 0 bridgehead atoms. The summed E-state index contributed by atoms with van der Waals surface area (Å²) in [7, 11) is 0. The van der Waals surface area contributed by atoms with E-state index in [2.05, 4.69) is 19.5 Å². The van der Waals surface area contributed by atoms with Crippen molar-refractivity contribution in [1.29, 1.82) is 0 Å². The van der Waals surface area contributed by atoms with Gasteiger partial charge in [0.2, 0.25) is 11.8 Å². The molecule has 0 fully saturated rings. The van der Waals surface area contributed by atoms with Crippen LogP contribution in [-0.2, 0) is 20.9 Å². The number of primary amides is 1. The molecule has 2 aromatic carbocycles. The number of non-ortho nitro benzene ring substituents is 1. The number of anilines is 1. The molecule has 15 heteroatoms. The highest BCUT2D eigenvalue weighted by Gasteiger charge is 2.27. The van der Waals surface area contributed by atoms with Gasteiger partial charge in [0.25, 0.3) is 5.69 Å². The molecule has 0 radical (unpaired) electrons. The maximum absolute atomic E-state index is 13.0. The number of rotatable bonds is 14. The van der Waals surface area contributed by atoms with Crippen LogP contribution in [0.2, 0.25) is 0 Å². The lowest BCUT2D eigenvalue weighted by atomic mass is 10.0. The summed E-state index contributed by atoms with van der Waals surface area (Å²) in [6.45, 7) is 3.88. The zero-order valence-electron chi connectivity index (χ0n) is 21.8. The van der Waals surface area contributed by atoms with E-state index in [-0.39, 0.29) is 42.8 Å². The van der Waals surface area contributed by atoms with E-state index in [1.165, 1.54) is 24.3 Å². The first-order chi connectivity index (χ1) is 19.0. The number of carbonyl (C=O) groups excluding carboxylic acids is 4. The maximum Gasteiger partial charge on any atom is 0.514 e. The lowest BCUT2D eigenvalue weighted by Crippen LogP contribution is -2.51. The van der Waals surface area contributed by atoms with Gasteiger partial charge in [0.1, 0.15) is 18.4 Å². The Morgan fingerprint density at radius 1 is 1.02 bits per heavy atom. The average molecular weight is 670 g/mol. The summed E-state index contributed by atoms with van der Waals surface area (Å²) in [6.07, 6.45) is -0.332. The fourth-order valence-corrected chi connectivity index (χ4v) is 4.35. The number of carbonyl (C=O) groups is 4. The molecule has 40 heavy (non-hydrogen) atoms. The Morgan fingerprint density at radius 3 is 2.23 bits per heavy atom. The number of benzene rings is 2. The number of halogens is 1. The minimum absolute atomic E-state index is 0.0154. The third kappa shape index (κ3) is 11.0. The van der Waals surface area contributed by atoms with Gasteiger partial charge in [-0.25, -0.2) is 13.1 Å². The smallest absolute Gasteiger partial charge is 0.429 e. The van der Waals surface area contributed by atoms with Crippen molar-refractivity contribution in [2.45, 2.75) is 45.4 Å². The number of urea groups is 1. The molecule has 0 saturated carbocycles. The highest BCUT2D eigenvalue weighted by Crippen LogP contribution is 2.18. The number of nitrogens with two attached hydrogens (primary N) is 1. The number of nitro groups is 1. The number of hydrogen-bond donors (Lipinski definition) is 5. The van der Waals surface area contributed by atoms with Crippen LogP contribution in [0.25, 0.3) is 0 Å². The number of amides is 4. The van der Waals surface area contributed by atoms with Crippen LogP contribution < -0.4 is 30.0 Å². The van der Waals surface area contributed by atoms with Crippen molar-refractivity contribution in [3.8, 4) is 5.75 Å². The molecule has 6 N–H and O–H groups in total. The Labute approximate surface area is 244 Å². The standard InChI is InChI=1S/C25H31IN6O8/c1-15(2)21(31-26)23(34)30-20(4-3-13-28-24(27)35)22(33)29-17-7-5-16(6-8-17)14-39-25(36)40-19-11-9-18(10-12-19)32(37)38/h5-12,15,20-21,31H,3-4,13-14H2,1-2H3,(H,29,33)(H,30,34)(H3,27,28,35)/t20-,21-/m0/s1. The predicted octanol–water partition coefficient (Wildman–Crippen LogP) is 3.15. The summed E-state index contributed by atoms with van der Waals surface area (Å²) in [4.78, 5) is 58.7. The van der Waals surface area contributed by atoms with Crippen molar-refractivity contribution < 1.29 is 33.6 Å². The van der Waals surface area contributed by atoms with E-state index >= 15 is 0 Å². The molecule has 0 saturated heterocycles. The van der Waals surface area contributed by atoms with Gasteiger partial charge in [-0.1, -0.05) is 26.0 Å².